The third kappa shape index (κ3) is 4.62. The van der Waals surface area contributed by atoms with Crippen LogP contribution in [0.3, 0.4) is 0 Å². The fraction of sp³-hybridized carbons (Fsp3) is 0.909. The number of ether oxygens (including phenoxy) is 2. The maximum Gasteiger partial charge on any atom is 0.320 e. The Bertz CT molecular complexity index is 200. The van der Waals surface area contributed by atoms with Crippen molar-refractivity contribution in [2.24, 2.45) is 0 Å². The topological polar surface area (TPSA) is 38.8 Å². The molecule has 1 rings (SSSR count). The Morgan fingerprint density at radius 2 is 2.07 bits per heavy atom. The quantitative estimate of drug-likeness (QED) is 0.657. The summed E-state index contributed by atoms with van der Waals surface area (Å²) in [4.78, 5) is 13.5. The summed E-state index contributed by atoms with van der Waals surface area (Å²) in [6.07, 6.45) is 1.98. The lowest BCUT2D eigenvalue weighted by molar-refractivity contribution is -0.149. The van der Waals surface area contributed by atoms with Crippen molar-refractivity contribution in [2.75, 3.05) is 26.8 Å². The van der Waals surface area contributed by atoms with E-state index in [1.807, 2.05) is 20.9 Å². The molecule has 0 atom stereocenters. The van der Waals surface area contributed by atoms with Crippen LogP contribution >= 0.6 is 0 Å². The number of likely N-dealkylation sites (N-methyl/N-ethyl adjacent to an activating group) is 1. The molecule has 0 radical (unpaired) electrons. The predicted octanol–water partition coefficient (Wildman–Crippen LogP) is 1.05. The lowest BCUT2D eigenvalue weighted by Gasteiger charge is -2.30. The van der Waals surface area contributed by atoms with Crippen LogP contribution in [0.15, 0.2) is 0 Å². The lowest BCUT2D eigenvalue weighted by atomic mass is 10.1. The molecule has 0 N–H and O–H groups in total. The number of carbonyl (C=O) groups excluding carboxylic acids is 1. The lowest BCUT2D eigenvalue weighted by Crippen LogP contribution is -2.40. The van der Waals surface area contributed by atoms with Crippen LogP contribution in [-0.2, 0) is 14.3 Å². The maximum atomic E-state index is 11.4. The van der Waals surface area contributed by atoms with Gasteiger partial charge >= 0.3 is 5.97 Å². The van der Waals surface area contributed by atoms with Crippen LogP contribution < -0.4 is 0 Å². The van der Waals surface area contributed by atoms with Gasteiger partial charge in [0, 0.05) is 19.3 Å². The summed E-state index contributed by atoms with van der Waals surface area (Å²) in [5.74, 6) is -0.140. The van der Waals surface area contributed by atoms with Gasteiger partial charge in [0.05, 0.1) is 12.6 Å². The van der Waals surface area contributed by atoms with E-state index in [1.54, 1.807) is 0 Å². The molecule has 4 heteroatoms. The molecule has 88 valence electrons. The van der Waals surface area contributed by atoms with Gasteiger partial charge in [0.2, 0.25) is 0 Å². The van der Waals surface area contributed by atoms with Crippen LogP contribution in [0, 0.1) is 0 Å². The van der Waals surface area contributed by atoms with Crippen LogP contribution in [-0.4, -0.2) is 49.8 Å². The number of esters is 1. The van der Waals surface area contributed by atoms with Crippen molar-refractivity contribution in [1.82, 2.24) is 4.90 Å². The fourth-order valence-electron chi connectivity index (χ4n) is 1.76. The van der Waals surface area contributed by atoms with Crippen molar-refractivity contribution in [3.63, 3.8) is 0 Å². The second-order valence-electron chi connectivity index (χ2n) is 4.30. The monoisotopic (exact) mass is 215 g/mol. The molecule has 0 aromatic heterocycles. The zero-order valence-corrected chi connectivity index (χ0v) is 9.86. The van der Waals surface area contributed by atoms with Crippen molar-refractivity contribution < 1.29 is 14.3 Å². The van der Waals surface area contributed by atoms with E-state index in [0.717, 1.165) is 26.1 Å². The molecule has 1 fully saturated rings. The van der Waals surface area contributed by atoms with Crippen molar-refractivity contribution in [3.05, 3.63) is 0 Å². The maximum absolute atomic E-state index is 11.4. The van der Waals surface area contributed by atoms with Gasteiger partial charge in [0.1, 0.15) is 0 Å². The first-order chi connectivity index (χ1) is 7.09. The Kier molecular flexibility index (Phi) is 5.05. The zero-order chi connectivity index (χ0) is 11.3. The van der Waals surface area contributed by atoms with Crippen LogP contribution in [0.5, 0.6) is 0 Å². The number of nitrogens with zero attached hydrogens (tertiary/aromatic N) is 1. The van der Waals surface area contributed by atoms with E-state index in [-0.39, 0.29) is 12.1 Å². The van der Waals surface area contributed by atoms with Crippen LogP contribution in [0.4, 0.5) is 0 Å². The molecule has 0 bridgehead atoms. The van der Waals surface area contributed by atoms with Gasteiger partial charge in [-0.25, -0.2) is 0 Å². The molecule has 15 heavy (non-hydrogen) atoms. The minimum Gasteiger partial charge on any atom is -0.462 e. The summed E-state index contributed by atoms with van der Waals surface area (Å²) in [5.41, 5.74) is 0. The smallest absolute Gasteiger partial charge is 0.320 e. The normalized spacial score (nSPS) is 18.5. The average Bonchev–Trinajstić information content (AvgIpc) is 2.17. The molecule has 0 amide bonds. The second-order valence-corrected chi connectivity index (χ2v) is 4.30. The highest BCUT2D eigenvalue weighted by atomic mass is 16.5. The van der Waals surface area contributed by atoms with Gasteiger partial charge in [-0.2, -0.15) is 0 Å². The molecule has 1 aliphatic heterocycles. The summed E-state index contributed by atoms with van der Waals surface area (Å²) >= 11 is 0. The molecule has 0 aliphatic carbocycles. The summed E-state index contributed by atoms with van der Waals surface area (Å²) in [6.45, 7) is 5.71. The first kappa shape index (κ1) is 12.5. The minimum atomic E-state index is -0.140. The van der Waals surface area contributed by atoms with Gasteiger partial charge in [0.25, 0.3) is 0 Å². The van der Waals surface area contributed by atoms with E-state index < -0.39 is 0 Å². The summed E-state index contributed by atoms with van der Waals surface area (Å²) < 4.78 is 10.4. The van der Waals surface area contributed by atoms with E-state index in [4.69, 9.17) is 9.47 Å². The van der Waals surface area contributed by atoms with Gasteiger partial charge in [-0.3, -0.25) is 9.69 Å². The largest absolute Gasteiger partial charge is 0.462 e. The number of hydrogen-bond acceptors (Lipinski definition) is 4. The third-order valence-electron chi connectivity index (χ3n) is 2.56. The van der Waals surface area contributed by atoms with Gasteiger partial charge in [-0.05, 0) is 33.7 Å². The van der Waals surface area contributed by atoms with Crippen molar-refractivity contribution in [3.8, 4) is 0 Å². The molecule has 4 nitrogen and oxygen atoms in total. The highest BCUT2D eigenvalue weighted by Crippen LogP contribution is 2.12. The van der Waals surface area contributed by atoms with Crippen molar-refractivity contribution in [1.29, 1.82) is 0 Å². The highest BCUT2D eigenvalue weighted by molar-refractivity contribution is 5.71. The van der Waals surface area contributed by atoms with Gasteiger partial charge in [0.15, 0.2) is 0 Å². The van der Waals surface area contributed by atoms with E-state index >= 15 is 0 Å². The van der Waals surface area contributed by atoms with E-state index in [0.29, 0.717) is 12.6 Å². The van der Waals surface area contributed by atoms with Gasteiger partial charge in [-0.1, -0.05) is 0 Å². The molecule has 1 heterocycles. The van der Waals surface area contributed by atoms with Crippen molar-refractivity contribution >= 4 is 5.97 Å². The zero-order valence-electron chi connectivity index (χ0n) is 9.86. The summed E-state index contributed by atoms with van der Waals surface area (Å²) in [6, 6.07) is 0.457. The standard InChI is InChI=1S/C11H21NO3/c1-9(2)15-11(13)8-12(3)10-4-6-14-7-5-10/h9-10H,4-8H2,1-3H3. The average molecular weight is 215 g/mol. The third-order valence-corrected chi connectivity index (χ3v) is 2.56. The molecular weight excluding hydrogens is 194 g/mol. The minimum absolute atomic E-state index is 0.0272. The molecular formula is C11H21NO3. The van der Waals surface area contributed by atoms with E-state index in [2.05, 4.69) is 4.90 Å². The van der Waals surface area contributed by atoms with E-state index in [1.165, 1.54) is 0 Å². The SMILES string of the molecule is CC(C)OC(=O)CN(C)C1CCOCC1. The van der Waals surface area contributed by atoms with Crippen molar-refractivity contribution in [2.45, 2.75) is 38.8 Å². The van der Waals surface area contributed by atoms with Gasteiger partial charge < -0.3 is 9.47 Å². The first-order valence-electron chi connectivity index (χ1n) is 5.57. The molecule has 0 saturated carbocycles. The summed E-state index contributed by atoms with van der Waals surface area (Å²) in [7, 11) is 1.97. The number of carbonyl (C=O) groups is 1. The Morgan fingerprint density at radius 3 is 2.60 bits per heavy atom. The Balaban J connectivity index is 2.27. The molecule has 0 spiro atoms. The Labute approximate surface area is 91.5 Å². The predicted molar refractivity (Wildman–Crippen MR) is 57.7 cm³/mol. The molecule has 1 saturated heterocycles. The highest BCUT2D eigenvalue weighted by Gasteiger charge is 2.20. The molecule has 0 aromatic rings. The summed E-state index contributed by atoms with van der Waals surface area (Å²) in [5, 5.41) is 0. The van der Waals surface area contributed by atoms with Crippen LogP contribution in [0.1, 0.15) is 26.7 Å². The van der Waals surface area contributed by atoms with Crippen LogP contribution in [0.2, 0.25) is 0 Å². The first-order valence-corrected chi connectivity index (χ1v) is 5.57. The Morgan fingerprint density at radius 1 is 1.47 bits per heavy atom. The molecule has 0 unspecified atom stereocenters. The molecule has 1 aliphatic rings. The fourth-order valence-corrected chi connectivity index (χ4v) is 1.76. The number of rotatable bonds is 4. The second kappa shape index (κ2) is 6.08. The van der Waals surface area contributed by atoms with Crippen LogP contribution in [0.25, 0.3) is 0 Å². The molecule has 0 aromatic carbocycles. The van der Waals surface area contributed by atoms with E-state index in [9.17, 15) is 4.79 Å². The van der Waals surface area contributed by atoms with Gasteiger partial charge in [-0.15, -0.1) is 0 Å². The Hall–Kier alpha value is -0.610. The number of hydrogen-bond donors (Lipinski definition) is 0.